The molecule has 1 N–H and O–H groups in total. The van der Waals surface area contributed by atoms with E-state index in [2.05, 4.69) is 11.0 Å². The summed E-state index contributed by atoms with van der Waals surface area (Å²) in [5, 5.41) is 9.66. The first-order valence-electron chi connectivity index (χ1n) is 6.29. The van der Waals surface area contributed by atoms with E-state index in [1.807, 2.05) is 25.2 Å². The van der Waals surface area contributed by atoms with Crippen LogP contribution in [0.15, 0.2) is 24.3 Å². The van der Waals surface area contributed by atoms with Gasteiger partial charge in [0.05, 0.1) is 12.7 Å². The Morgan fingerprint density at radius 1 is 1.50 bits per heavy atom. The highest BCUT2D eigenvalue weighted by Gasteiger charge is 2.23. The molecule has 4 heteroatoms. The molecule has 0 saturated heterocycles. The molecule has 0 aliphatic carbocycles. The molecule has 2 unspecified atom stereocenters. The molecular weight excluding hydrogens is 230 g/mol. The fourth-order valence-corrected chi connectivity index (χ4v) is 2.38. The molecule has 0 spiro atoms. The highest BCUT2D eigenvalue weighted by molar-refractivity contribution is 5.37. The van der Waals surface area contributed by atoms with E-state index in [4.69, 9.17) is 9.47 Å². The molecule has 100 valence electrons. The largest absolute Gasteiger partial charge is 0.488 e. The fraction of sp³-hybridized carbons (Fsp3) is 0.571. The second kappa shape index (κ2) is 6.18. The van der Waals surface area contributed by atoms with Gasteiger partial charge in [-0.3, -0.25) is 0 Å². The molecule has 18 heavy (non-hydrogen) atoms. The molecule has 0 bridgehead atoms. The van der Waals surface area contributed by atoms with Gasteiger partial charge in [0, 0.05) is 26.6 Å². The number of benzene rings is 1. The predicted molar refractivity (Wildman–Crippen MR) is 69.9 cm³/mol. The quantitative estimate of drug-likeness (QED) is 0.816. The van der Waals surface area contributed by atoms with Crippen molar-refractivity contribution < 1.29 is 14.6 Å². The van der Waals surface area contributed by atoms with E-state index in [-0.39, 0.29) is 6.10 Å². The lowest BCUT2D eigenvalue weighted by Crippen LogP contribution is -2.38. The minimum absolute atomic E-state index is 0.183. The summed E-state index contributed by atoms with van der Waals surface area (Å²) in [4.78, 5) is 2.08. The lowest BCUT2D eigenvalue weighted by molar-refractivity contribution is 0.0363. The second-order valence-corrected chi connectivity index (χ2v) is 4.88. The maximum atomic E-state index is 9.66. The second-order valence-electron chi connectivity index (χ2n) is 4.88. The number of nitrogens with zero attached hydrogens (tertiary/aromatic N) is 1. The molecular formula is C14H21NO3. The number of likely N-dealkylation sites (N-methyl/N-ethyl adjacent to an activating group) is 1. The number of aliphatic hydroxyl groups is 1. The van der Waals surface area contributed by atoms with Crippen LogP contribution in [-0.4, -0.2) is 56.1 Å². The van der Waals surface area contributed by atoms with Crippen molar-refractivity contribution in [1.82, 2.24) is 4.90 Å². The summed E-state index contributed by atoms with van der Waals surface area (Å²) in [7, 11) is 3.59. The van der Waals surface area contributed by atoms with Gasteiger partial charge in [-0.2, -0.15) is 0 Å². The maximum absolute atomic E-state index is 9.66. The third-order valence-corrected chi connectivity index (χ3v) is 3.11. The van der Waals surface area contributed by atoms with Gasteiger partial charge in [-0.1, -0.05) is 18.2 Å². The topological polar surface area (TPSA) is 41.9 Å². The van der Waals surface area contributed by atoms with Crippen molar-refractivity contribution in [2.75, 3.05) is 33.9 Å². The summed E-state index contributed by atoms with van der Waals surface area (Å²) in [5.74, 6) is 0.994. The van der Waals surface area contributed by atoms with E-state index in [0.29, 0.717) is 13.2 Å². The van der Waals surface area contributed by atoms with Gasteiger partial charge in [0.15, 0.2) is 0 Å². The molecule has 0 saturated carbocycles. The smallest absolute Gasteiger partial charge is 0.123 e. The number of fused-ring (bicyclic) bond motifs is 1. The Morgan fingerprint density at radius 2 is 2.28 bits per heavy atom. The van der Waals surface area contributed by atoms with Crippen LogP contribution in [0.5, 0.6) is 5.75 Å². The van der Waals surface area contributed by atoms with Crippen LogP contribution in [0.25, 0.3) is 0 Å². The number of aliphatic hydroxyl groups excluding tert-OH is 1. The maximum Gasteiger partial charge on any atom is 0.123 e. The van der Waals surface area contributed by atoms with E-state index in [0.717, 1.165) is 18.7 Å². The van der Waals surface area contributed by atoms with Crippen LogP contribution in [0.3, 0.4) is 0 Å². The van der Waals surface area contributed by atoms with Crippen molar-refractivity contribution in [2.45, 2.75) is 18.6 Å². The van der Waals surface area contributed by atoms with Crippen molar-refractivity contribution in [3.05, 3.63) is 29.8 Å². The Morgan fingerprint density at radius 3 is 3.00 bits per heavy atom. The van der Waals surface area contributed by atoms with Crippen LogP contribution in [0.1, 0.15) is 5.56 Å². The highest BCUT2D eigenvalue weighted by atomic mass is 16.5. The Balaban J connectivity index is 1.79. The molecule has 2 atom stereocenters. The third-order valence-electron chi connectivity index (χ3n) is 3.11. The lowest BCUT2D eigenvalue weighted by Gasteiger charge is -2.23. The molecule has 1 aromatic carbocycles. The van der Waals surface area contributed by atoms with Gasteiger partial charge in [0.1, 0.15) is 11.9 Å². The minimum Gasteiger partial charge on any atom is -0.488 e. The van der Waals surface area contributed by atoms with Crippen LogP contribution in [0.4, 0.5) is 0 Å². The van der Waals surface area contributed by atoms with Gasteiger partial charge in [-0.05, 0) is 18.7 Å². The molecule has 0 radical (unpaired) electrons. The number of rotatable bonds is 6. The van der Waals surface area contributed by atoms with Gasteiger partial charge in [0.25, 0.3) is 0 Å². The van der Waals surface area contributed by atoms with E-state index < -0.39 is 6.10 Å². The summed E-state index contributed by atoms with van der Waals surface area (Å²) < 4.78 is 10.8. The molecule has 1 heterocycles. The van der Waals surface area contributed by atoms with Crippen LogP contribution in [-0.2, 0) is 11.2 Å². The first-order chi connectivity index (χ1) is 8.69. The van der Waals surface area contributed by atoms with E-state index in [1.54, 1.807) is 7.11 Å². The molecule has 4 nitrogen and oxygen atoms in total. The van der Waals surface area contributed by atoms with Gasteiger partial charge in [0.2, 0.25) is 0 Å². The zero-order valence-corrected chi connectivity index (χ0v) is 11.0. The van der Waals surface area contributed by atoms with E-state index in [9.17, 15) is 5.11 Å². The monoisotopic (exact) mass is 251 g/mol. The fourth-order valence-electron chi connectivity index (χ4n) is 2.38. The molecule has 0 amide bonds. The van der Waals surface area contributed by atoms with Crippen LogP contribution in [0.2, 0.25) is 0 Å². The zero-order chi connectivity index (χ0) is 13.0. The van der Waals surface area contributed by atoms with Gasteiger partial charge < -0.3 is 19.5 Å². The Labute approximate surface area is 108 Å². The average Bonchev–Trinajstić information content (AvgIpc) is 2.70. The summed E-state index contributed by atoms with van der Waals surface area (Å²) in [5.41, 5.74) is 1.27. The number of hydrogen-bond donors (Lipinski definition) is 1. The SMILES string of the molecule is COCC(O)CN(C)CC1Cc2ccccc2O1. The predicted octanol–water partition coefficient (Wildman–Crippen LogP) is 0.929. The first-order valence-corrected chi connectivity index (χ1v) is 6.29. The number of para-hydroxylation sites is 1. The van der Waals surface area contributed by atoms with Crippen LogP contribution >= 0.6 is 0 Å². The summed E-state index contributed by atoms with van der Waals surface area (Å²) >= 11 is 0. The van der Waals surface area contributed by atoms with Gasteiger partial charge in [-0.15, -0.1) is 0 Å². The molecule has 2 rings (SSSR count). The first kappa shape index (κ1) is 13.3. The summed E-state index contributed by atoms with van der Waals surface area (Å²) in [6.45, 7) is 1.79. The van der Waals surface area contributed by atoms with Gasteiger partial charge in [-0.25, -0.2) is 0 Å². The Hall–Kier alpha value is -1.10. The Bertz CT molecular complexity index is 358. The molecule has 0 fully saturated rings. The summed E-state index contributed by atoms with van der Waals surface area (Å²) in [6.07, 6.45) is 0.687. The molecule has 1 aliphatic heterocycles. The van der Waals surface area contributed by atoms with Crippen molar-refractivity contribution in [3.8, 4) is 5.75 Å². The average molecular weight is 251 g/mol. The minimum atomic E-state index is -0.441. The number of ether oxygens (including phenoxy) is 2. The molecule has 1 aromatic rings. The summed E-state index contributed by atoms with van der Waals surface area (Å²) in [6, 6.07) is 8.15. The van der Waals surface area contributed by atoms with Crippen molar-refractivity contribution in [1.29, 1.82) is 0 Å². The van der Waals surface area contributed by atoms with E-state index >= 15 is 0 Å². The number of methoxy groups -OCH3 is 1. The molecule has 0 aromatic heterocycles. The van der Waals surface area contributed by atoms with Crippen molar-refractivity contribution in [3.63, 3.8) is 0 Å². The normalized spacial score (nSPS) is 19.7. The van der Waals surface area contributed by atoms with Crippen LogP contribution in [0, 0.1) is 0 Å². The standard InChI is InChI=1S/C14H21NO3/c1-15(8-12(16)10-17-2)9-13-7-11-5-3-4-6-14(11)18-13/h3-6,12-13,16H,7-10H2,1-2H3. The number of hydrogen-bond acceptors (Lipinski definition) is 4. The van der Waals surface area contributed by atoms with Crippen molar-refractivity contribution in [2.24, 2.45) is 0 Å². The van der Waals surface area contributed by atoms with Crippen LogP contribution < -0.4 is 4.74 Å². The third kappa shape index (κ3) is 3.45. The van der Waals surface area contributed by atoms with Gasteiger partial charge >= 0.3 is 0 Å². The zero-order valence-electron chi connectivity index (χ0n) is 11.0. The highest BCUT2D eigenvalue weighted by Crippen LogP contribution is 2.28. The molecule has 1 aliphatic rings. The van der Waals surface area contributed by atoms with Crippen molar-refractivity contribution >= 4 is 0 Å². The van der Waals surface area contributed by atoms with E-state index in [1.165, 1.54) is 5.56 Å². The Kier molecular flexibility index (Phi) is 4.58. The lowest BCUT2D eigenvalue weighted by atomic mass is 10.1.